The van der Waals surface area contributed by atoms with E-state index in [-0.39, 0.29) is 5.97 Å². The highest BCUT2D eigenvalue weighted by Gasteiger charge is 2.28. The van der Waals surface area contributed by atoms with Crippen LogP contribution < -0.4 is 5.32 Å². The Bertz CT molecular complexity index is 588. The molecule has 1 aliphatic heterocycles. The topological polar surface area (TPSA) is 71.8 Å². The molecule has 2 unspecified atom stereocenters. The van der Waals surface area contributed by atoms with Crippen molar-refractivity contribution >= 4 is 11.9 Å². The van der Waals surface area contributed by atoms with E-state index in [1.807, 2.05) is 19.4 Å². The second-order valence-corrected chi connectivity index (χ2v) is 7.49. The molecule has 1 aromatic heterocycles. The monoisotopic (exact) mass is 391 g/mol. The molecule has 28 heavy (non-hydrogen) atoms. The lowest BCUT2D eigenvalue weighted by molar-refractivity contribution is -0.143. The van der Waals surface area contributed by atoms with Crippen LogP contribution in [0.3, 0.4) is 0 Å². The Labute approximate surface area is 169 Å². The van der Waals surface area contributed by atoms with Crippen molar-refractivity contribution in [1.29, 1.82) is 0 Å². The van der Waals surface area contributed by atoms with E-state index >= 15 is 0 Å². The van der Waals surface area contributed by atoms with E-state index in [4.69, 9.17) is 9.73 Å². The van der Waals surface area contributed by atoms with E-state index in [0.29, 0.717) is 25.0 Å². The fourth-order valence-electron chi connectivity index (χ4n) is 3.67. The molecule has 2 rings (SSSR count). The lowest BCUT2D eigenvalue weighted by atomic mass is 9.93. The molecule has 2 atom stereocenters. The maximum atomic E-state index is 11.3. The van der Waals surface area contributed by atoms with Crippen LogP contribution in [-0.4, -0.2) is 59.2 Å². The number of aromatic nitrogens is 2. The van der Waals surface area contributed by atoms with Crippen LogP contribution in [0.2, 0.25) is 0 Å². The molecule has 0 saturated carbocycles. The molecular formula is C21H37N5O2. The highest BCUT2D eigenvalue weighted by molar-refractivity contribution is 5.80. The van der Waals surface area contributed by atoms with E-state index in [1.54, 1.807) is 0 Å². The van der Waals surface area contributed by atoms with Gasteiger partial charge in [0.25, 0.3) is 0 Å². The number of piperidine rings is 1. The first kappa shape index (κ1) is 22.2. The normalized spacial score (nSPS) is 20.2. The zero-order valence-corrected chi connectivity index (χ0v) is 17.8. The van der Waals surface area contributed by atoms with Crippen molar-refractivity contribution in [2.45, 2.75) is 65.3 Å². The summed E-state index contributed by atoms with van der Waals surface area (Å²) < 4.78 is 7.18. The number of ether oxygens (including phenoxy) is 1. The molecule has 0 aromatic carbocycles. The van der Waals surface area contributed by atoms with E-state index in [0.717, 1.165) is 64.2 Å². The number of hydrogen-bond acceptors (Lipinski definition) is 4. The lowest BCUT2D eigenvalue weighted by Crippen LogP contribution is -2.49. The van der Waals surface area contributed by atoms with Crippen molar-refractivity contribution in [3.8, 4) is 0 Å². The third-order valence-electron chi connectivity index (χ3n) is 5.32. The van der Waals surface area contributed by atoms with Gasteiger partial charge in [0.1, 0.15) is 0 Å². The van der Waals surface area contributed by atoms with E-state index < -0.39 is 0 Å². The molecular weight excluding hydrogens is 354 g/mol. The third-order valence-corrected chi connectivity index (χ3v) is 5.32. The standard InChI is InChI=1S/C21H37N5O2/c1-4-23-21(24-12-9-7-6-8-10-20(27)28-5-2)25-14-11-18(3)19(16-25)26-15-13-22-17-26/h13,15,17-19H,4-12,14,16H2,1-3H3,(H,23,24). The van der Waals surface area contributed by atoms with Gasteiger partial charge in [0.15, 0.2) is 5.96 Å². The minimum atomic E-state index is -0.0817. The number of carbonyl (C=O) groups is 1. The predicted molar refractivity (Wildman–Crippen MR) is 112 cm³/mol. The molecule has 0 amide bonds. The van der Waals surface area contributed by atoms with Gasteiger partial charge in [-0.25, -0.2) is 4.98 Å². The Hall–Kier alpha value is -2.05. The molecule has 158 valence electrons. The number of rotatable bonds is 10. The van der Waals surface area contributed by atoms with Crippen LogP contribution in [0.25, 0.3) is 0 Å². The summed E-state index contributed by atoms with van der Waals surface area (Å²) in [5.74, 6) is 1.57. The first-order valence-electron chi connectivity index (χ1n) is 10.8. The van der Waals surface area contributed by atoms with Crippen molar-refractivity contribution in [2.75, 3.05) is 32.8 Å². The van der Waals surface area contributed by atoms with Crippen molar-refractivity contribution < 1.29 is 9.53 Å². The number of likely N-dealkylation sites (tertiary alicyclic amines) is 1. The zero-order chi connectivity index (χ0) is 20.2. The summed E-state index contributed by atoms with van der Waals surface area (Å²) in [6, 6.07) is 0.433. The molecule has 1 saturated heterocycles. The van der Waals surface area contributed by atoms with Crippen molar-refractivity contribution in [3.63, 3.8) is 0 Å². The Morgan fingerprint density at radius 2 is 2.11 bits per heavy atom. The molecule has 1 aliphatic rings. The summed E-state index contributed by atoms with van der Waals surface area (Å²) in [4.78, 5) is 22.8. The number of nitrogens with zero attached hydrogens (tertiary/aromatic N) is 4. The molecule has 1 aromatic rings. The van der Waals surface area contributed by atoms with Gasteiger partial charge >= 0.3 is 5.97 Å². The molecule has 1 N–H and O–H groups in total. The number of carbonyl (C=O) groups excluding carboxylic acids is 1. The summed E-state index contributed by atoms with van der Waals surface area (Å²) in [5.41, 5.74) is 0. The highest BCUT2D eigenvalue weighted by atomic mass is 16.5. The fraction of sp³-hybridized carbons (Fsp3) is 0.762. The Balaban J connectivity index is 1.77. The second-order valence-electron chi connectivity index (χ2n) is 7.49. The van der Waals surface area contributed by atoms with Gasteiger partial charge in [-0.1, -0.05) is 19.8 Å². The first-order chi connectivity index (χ1) is 13.7. The molecule has 0 radical (unpaired) electrons. The average molecular weight is 392 g/mol. The van der Waals surface area contributed by atoms with Gasteiger partial charge in [-0.2, -0.15) is 0 Å². The SMILES string of the molecule is CCNC(=NCCCCCCC(=O)OCC)N1CCC(C)C(n2ccnc2)C1. The fourth-order valence-corrected chi connectivity index (χ4v) is 3.67. The quantitative estimate of drug-likeness (QED) is 0.287. The van der Waals surface area contributed by atoms with Crippen molar-refractivity contribution in [1.82, 2.24) is 19.8 Å². The maximum absolute atomic E-state index is 11.3. The molecule has 2 heterocycles. The number of imidazole rings is 1. The number of guanidine groups is 1. The molecule has 7 heteroatoms. The van der Waals surface area contributed by atoms with Crippen LogP contribution >= 0.6 is 0 Å². The second kappa shape index (κ2) is 12.4. The van der Waals surface area contributed by atoms with E-state index in [1.165, 1.54) is 0 Å². The molecule has 7 nitrogen and oxygen atoms in total. The van der Waals surface area contributed by atoms with E-state index in [2.05, 4.69) is 39.8 Å². The first-order valence-corrected chi connectivity index (χ1v) is 10.8. The summed E-state index contributed by atoms with van der Waals surface area (Å²) in [6.45, 7) is 10.5. The highest BCUT2D eigenvalue weighted by Crippen LogP contribution is 2.27. The molecule has 1 fully saturated rings. The number of unbranched alkanes of at least 4 members (excludes halogenated alkanes) is 3. The van der Waals surface area contributed by atoms with Crippen LogP contribution in [-0.2, 0) is 9.53 Å². The third kappa shape index (κ3) is 7.17. The summed E-state index contributed by atoms with van der Waals surface area (Å²) in [6.07, 6.45) is 11.6. The summed E-state index contributed by atoms with van der Waals surface area (Å²) >= 11 is 0. The van der Waals surface area contributed by atoms with Crippen LogP contribution in [0.1, 0.15) is 65.3 Å². The largest absolute Gasteiger partial charge is 0.466 e. The number of hydrogen-bond donors (Lipinski definition) is 1. The number of aliphatic imine (C=N–C) groups is 1. The van der Waals surface area contributed by atoms with Gasteiger partial charge < -0.3 is 19.5 Å². The molecule has 0 spiro atoms. The maximum Gasteiger partial charge on any atom is 0.305 e. The minimum absolute atomic E-state index is 0.0817. The van der Waals surface area contributed by atoms with Gasteiger partial charge in [-0.05, 0) is 39.0 Å². The number of nitrogens with one attached hydrogen (secondary N) is 1. The lowest BCUT2D eigenvalue weighted by Gasteiger charge is -2.39. The van der Waals surface area contributed by atoms with Gasteiger partial charge in [-0.15, -0.1) is 0 Å². The minimum Gasteiger partial charge on any atom is -0.466 e. The van der Waals surface area contributed by atoms with E-state index in [9.17, 15) is 4.79 Å². The number of esters is 1. The van der Waals surface area contributed by atoms with Gasteiger partial charge in [0.05, 0.1) is 19.0 Å². The zero-order valence-electron chi connectivity index (χ0n) is 17.8. The molecule has 0 bridgehead atoms. The smallest absolute Gasteiger partial charge is 0.305 e. The Morgan fingerprint density at radius 1 is 1.29 bits per heavy atom. The van der Waals surface area contributed by atoms with Crippen LogP contribution in [0.5, 0.6) is 0 Å². The predicted octanol–water partition coefficient (Wildman–Crippen LogP) is 3.25. The Morgan fingerprint density at radius 3 is 2.82 bits per heavy atom. The molecule has 0 aliphatic carbocycles. The van der Waals surface area contributed by atoms with Crippen molar-refractivity contribution in [3.05, 3.63) is 18.7 Å². The van der Waals surface area contributed by atoms with Gasteiger partial charge in [0.2, 0.25) is 0 Å². The summed E-state index contributed by atoms with van der Waals surface area (Å²) in [5, 5.41) is 3.45. The van der Waals surface area contributed by atoms with Crippen LogP contribution in [0, 0.1) is 5.92 Å². The average Bonchev–Trinajstić information content (AvgIpc) is 3.21. The van der Waals surface area contributed by atoms with Gasteiger partial charge in [0, 0.05) is 45.0 Å². The van der Waals surface area contributed by atoms with Crippen molar-refractivity contribution in [2.24, 2.45) is 10.9 Å². The van der Waals surface area contributed by atoms with Gasteiger partial charge in [-0.3, -0.25) is 9.79 Å². The Kier molecular flexibility index (Phi) is 9.86. The van der Waals surface area contributed by atoms with Crippen LogP contribution in [0.4, 0.5) is 0 Å². The summed E-state index contributed by atoms with van der Waals surface area (Å²) in [7, 11) is 0. The van der Waals surface area contributed by atoms with Crippen LogP contribution in [0.15, 0.2) is 23.7 Å².